The van der Waals surface area contributed by atoms with E-state index in [4.69, 9.17) is 0 Å². The minimum Gasteiger partial charge on any atom is -0.393 e. The molecule has 1 aliphatic rings. The van der Waals surface area contributed by atoms with Gasteiger partial charge in [0.2, 0.25) is 0 Å². The van der Waals surface area contributed by atoms with Crippen molar-refractivity contribution in [1.82, 2.24) is 4.31 Å². The van der Waals surface area contributed by atoms with E-state index in [1.807, 2.05) is 0 Å². The van der Waals surface area contributed by atoms with Crippen molar-refractivity contribution in [2.24, 2.45) is 5.92 Å². The van der Waals surface area contributed by atoms with Gasteiger partial charge in [-0.15, -0.1) is 11.3 Å². The van der Waals surface area contributed by atoms with Crippen LogP contribution in [0, 0.1) is 5.92 Å². The van der Waals surface area contributed by atoms with Crippen molar-refractivity contribution in [3.8, 4) is 0 Å². The average molecular weight is 354 g/mol. The predicted octanol–water partition coefficient (Wildman–Crippen LogP) is 2.29. The molecule has 1 atom stereocenters. The van der Waals surface area contributed by atoms with Crippen molar-refractivity contribution in [3.05, 3.63) is 15.9 Å². The molecule has 0 radical (unpaired) electrons. The van der Waals surface area contributed by atoms with Crippen LogP contribution in [0.3, 0.4) is 0 Å². The van der Waals surface area contributed by atoms with E-state index in [2.05, 4.69) is 15.9 Å². The molecule has 1 aromatic heterocycles. The summed E-state index contributed by atoms with van der Waals surface area (Å²) in [5, 5.41) is 11.3. The van der Waals surface area contributed by atoms with Crippen molar-refractivity contribution in [3.63, 3.8) is 0 Å². The van der Waals surface area contributed by atoms with E-state index in [-0.39, 0.29) is 12.0 Å². The molecule has 1 fully saturated rings. The van der Waals surface area contributed by atoms with Crippen molar-refractivity contribution < 1.29 is 13.5 Å². The van der Waals surface area contributed by atoms with E-state index in [1.54, 1.807) is 18.4 Å². The van der Waals surface area contributed by atoms with E-state index < -0.39 is 10.0 Å². The Morgan fingerprint density at radius 2 is 2.11 bits per heavy atom. The Balaban J connectivity index is 2.12. The van der Waals surface area contributed by atoms with Gasteiger partial charge in [-0.1, -0.05) is 0 Å². The lowest BCUT2D eigenvalue weighted by Gasteiger charge is -2.32. The Morgan fingerprint density at radius 3 is 2.56 bits per heavy atom. The molecular formula is C11H16BrNO3S2. The number of rotatable bonds is 3. The van der Waals surface area contributed by atoms with Gasteiger partial charge in [0.15, 0.2) is 0 Å². The molecule has 7 heteroatoms. The molecular weight excluding hydrogens is 338 g/mol. The summed E-state index contributed by atoms with van der Waals surface area (Å²) in [6, 6.07) is 1.75. The van der Waals surface area contributed by atoms with Crippen molar-refractivity contribution in [1.29, 1.82) is 0 Å². The highest BCUT2D eigenvalue weighted by Gasteiger charge is 2.32. The predicted molar refractivity (Wildman–Crippen MR) is 75.2 cm³/mol. The fourth-order valence-electron chi connectivity index (χ4n) is 2.18. The van der Waals surface area contributed by atoms with Gasteiger partial charge in [0.1, 0.15) is 4.21 Å². The molecule has 1 aliphatic heterocycles. The highest BCUT2D eigenvalue weighted by molar-refractivity contribution is 9.10. The number of thiophene rings is 1. The number of aliphatic hydroxyl groups excluding tert-OH is 1. The molecule has 1 aromatic rings. The molecule has 2 rings (SSSR count). The topological polar surface area (TPSA) is 57.6 Å². The molecule has 0 aromatic carbocycles. The Hall–Kier alpha value is 0.0500. The molecule has 1 saturated heterocycles. The van der Waals surface area contributed by atoms with Crippen molar-refractivity contribution in [2.45, 2.75) is 30.1 Å². The van der Waals surface area contributed by atoms with Crippen molar-refractivity contribution >= 4 is 37.3 Å². The van der Waals surface area contributed by atoms with Gasteiger partial charge in [0.05, 0.1) is 6.10 Å². The Labute approximate surface area is 120 Å². The van der Waals surface area contributed by atoms with E-state index in [9.17, 15) is 13.5 Å². The standard InChI is InChI=1S/C11H16BrNO3S2/c1-8(14)9-2-5-13(6-3-9)18(15,16)11-10(12)4-7-17-11/h4,7-9,14H,2-3,5-6H2,1H3. The average Bonchev–Trinajstić information content (AvgIpc) is 2.76. The third-order valence-electron chi connectivity index (χ3n) is 3.34. The first-order valence-electron chi connectivity index (χ1n) is 5.84. The van der Waals surface area contributed by atoms with E-state index in [0.717, 1.165) is 12.8 Å². The number of halogens is 1. The molecule has 0 saturated carbocycles. The summed E-state index contributed by atoms with van der Waals surface area (Å²) in [5.74, 6) is 0.211. The minimum atomic E-state index is -3.38. The van der Waals surface area contributed by atoms with Gasteiger partial charge < -0.3 is 5.11 Å². The van der Waals surface area contributed by atoms with Crippen LogP contribution in [-0.4, -0.2) is 37.0 Å². The van der Waals surface area contributed by atoms with Crippen LogP contribution in [0.1, 0.15) is 19.8 Å². The maximum atomic E-state index is 12.4. The highest BCUT2D eigenvalue weighted by Crippen LogP contribution is 2.32. The first-order valence-corrected chi connectivity index (χ1v) is 8.95. The lowest BCUT2D eigenvalue weighted by atomic mass is 9.93. The van der Waals surface area contributed by atoms with Gasteiger partial charge in [0.25, 0.3) is 10.0 Å². The van der Waals surface area contributed by atoms with E-state index in [1.165, 1.54) is 15.6 Å². The monoisotopic (exact) mass is 353 g/mol. The second kappa shape index (κ2) is 5.58. The minimum absolute atomic E-state index is 0.211. The summed E-state index contributed by atoms with van der Waals surface area (Å²) in [6.07, 6.45) is 1.09. The van der Waals surface area contributed by atoms with Crippen LogP contribution in [0.5, 0.6) is 0 Å². The second-order valence-electron chi connectivity index (χ2n) is 4.54. The van der Waals surface area contributed by atoms with Gasteiger partial charge >= 0.3 is 0 Å². The molecule has 0 aliphatic carbocycles. The molecule has 1 N–H and O–H groups in total. The molecule has 1 unspecified atom stereocenters. The van der Waals surface area contributed by atoms with Crippen LogP contribution >= 0.6 is 27.3 Å². The van der Waals surface area contributed by atoms with Crippen LogP contribution in [0.4, 0.5) is 0 Å². The van der Waals surface area contributed by atoms with E-state index in [0.29, 0.717) is 21.8 Å². The summed E-state index contributed by atoms with van der Waals surface area (Å²) in [6.45, 7) is 2.75. The normalized spacial score (nSPS) is 21.1. The molecule has 2 heterocycles. The maximum absolute atomic E-state index is 12.4. The zero-order valence-electron chi connectivity index (χ0n) is 10.0. The quantitative estimate of drug-likeness (QED) is 0.906. The molecule has 102 valence electrons. The lowest BCUT2D eigenvalue weighted by molar-refractivity contribution is 0.0912. The largest absolute Gasteiger partial charge is 0.393 e. The molecule has 0 amide bonds. The SMILES string of the molecule is CC(O)C1CCN(S(=O)(=O)c2sccc2Br)CC1. The maximum Gasteiger partial charge on any atom is 0.253 e. The third kappa shape index (κ3) is 2.80. The Morgan fingerprint density at radius 1 is 1.50 bits per heavy atom. The number of piperidine rings is 1. The fourth-order valence-corrected chi connectivity index (χ4v) is 6.10. The second-order valence-corrected chi connectivity index (χ2v) is 8.44. The van der Waals surface area contributed by atoms with Gasteiger partial charge in [0, 0.05) is 17.6 Å². The van der Waals surface area contributed by atoms with Crippen LogP contribution < -0.4 is 0 Å². The van der Waals surface area contributed by atoms with Crippen LogP contribution in [0.25, 0.3) is 0 Å². The van der Waals surface area contributed by atoms with E-state index >= 15 is 0 Å². The van der Waals surface area contributed by atoms with Crippen LogP contribution in [0.2, 0.25) is 0 Å². The molecule has 0 spiro atoms. The first-order chi connectivity index (χ1) is 8.43. The zero-order valence-corrected chi connectivity index (χ0v) is 13.3. The summed E-state index contributed by atoms with van der Waals surface area (Å²) < 4.78 is 27.3. The smallest absolute Gasteiger partial charge is 0.253 e. The van der Waals surface area contributed by atoms with Gasteiger partial charge in [-0.3, -0.25) is 0 Å². The van der Waals surface area contributed by atoms with Crippen LogP contribution in [0.15, 0.2) is 20.1 Å². The number of hydrogen-bond acceptors (Lipinski definition) is 4. The van der Waals surface area contributed by atoms with Gasteiger partial charge in [-0.25, -0.2) is 8.42 Å². The summed E-state index contributed by atoms with van der Waals surface area (Å²) in [7, 11) is -3.38. The van der Waals surface area contributed by atoms with Crippen molar-refractivity contribution in [2.75, 3.05) is 13.1 Å². The summed E-state index contributed by atoms with van der Waals surface area (Å²) in [5.41, 5.74) is 0. The number of hydrogen-bond donors (Lipinski definition) is 1. The first kappa shape index (κ1) is 14.5. The Kier molecular flexibility index (Phi) is 4.48. The summed E-state index contributed by atoms with van der Waals surface area (Å²) in [4.78, 5) is 0. The Bertz CT molecular complexity index is 504. The zero-order chi connectivity index (χ0) is 13.3. The van der Waals surface area contributed by atoms with Crippen LogP contribution in [-0.2, 0) is 10.0 Å². The highest BCUT2D eigenvalue weighted by atomic mass is 79.9. The third-order valence-corrected chi connectivity index (χ3v) is 7.89. The summed E-state index contributed by atoms with van der Waals surface area (Å²) >= 11 is 4.50. The lowest BCUT2D eigenvalue weighted by Crippen LogP contribution is -2.40. The van der Waals surface area contributed by atoms with Gasteiger partial charge in [-0.2, -0.15) is 4.31 Å². The number of aliphatic hydroxyl groups is 1. The van der Waals surface area contributed by atoms with Gasteiger partial charge in [-0.05, 0) is 53.1 Å². The molecule has 18 heavy (non-hydrogen) atoms. The number of nitrogens with zero attached hydrogens (tertiary/aromatic N) is 1. The fraction of sp³-hybridized carbons (Fsp3) is 0.636. The molecule has 0 bridgehead atoms. The molecule has 4 nitrogen and oxygen atoms in total. The number of sulfonamides is 1.